The van der Waals surface area contributed by atoms with Crippen LogP contribution in [0.5, 0.6) is 0 Å². The van der Waals surface area contributed by atoms with Gasteiger partial charge in [-0.05, 0) is 24.6 Å². The molecule has 1 N–H and O–H groups in total. The molecule has 0 aliphatic rings. The Kier molecular flexibility index (Phi) is 7.67. The van der Waals surface area contributed by atoms with Crippen molar-refractivity contribution in [2.24, 2.45) is 0 Å². The van der Waals surface area contributed by atoms with E-state index in [4.69, 9.17) is 0 Å². The number of nitrogens with one attached hydrogen (secondary N) is 1. The average molecular weight is 411 g/mol. The van der Waals surface area contributed by atoms with Crippen LogP contribution in [0.4, 0.5) is 10.1 Å². The van der Waals surface area contributed by atoms with E-state index < -0.39 is 27.8 Å². The number of carbonyl (C=O) groups is 1. The summed E-state index contributed by atoms with van der Waals surface area (Å²) in [5.41, 5.74) is 1.06. The Balaban J connectivity index is 1.92. The predicted octanol–water partition coefficient (Wildman–Crippen LogP) is 3.03. The average Bonchev–Trinajstić information content (AvgIpc) is 2.62. The molecule has 0 spiro atoms. The molecule has 0 saturated carbocycles. The number of nitrogens with zero attached hydrogens (tertiary/aromatic N) is 1. The number of rotatable bonds is 9. The summed E-state index contributed by atoms with van der Waals surface area (Å²) in [4.78, 5) is 12.4. The van der Waals surface area contributed by atoms with E-state index in [2.05, 4.69) is 5.32 Å². The van der Waals surface area contributed by atoms with Crippen LogP contribution in [0.15, 0.2) is 54.6 Å². The fourth-order valence-electron chi connectivity index (χ4n) is 2.57. The van der Waals surface area contributed by atoms with Gasteiger partial charge in [0.25, 0.3) is 0 Å². The van der Waals surface area contributed by atoms with E-state index in [1.54, 1.807) is 11.8 Å². The highest BCUT2D eigenvalue weighted by molar-refractivity contribution is 7.98. The molecule has 0 aliphatic heterocycles. The van der Waals surface area contributed by atoms with Crippen LogP contribution < -0.4 is 9.62 Å². The number of benzene rings is 2. The van der Waals surface area contributed by atoms with Crippen LogP contribution in [0.1, 0.15) is 12.5 Å². The zero-order chi connectivity index (χ0) is 19.9. The van der Waals surface area contributed by atoms with Crippen LogP contribution in [0, 0.1) is 5.82 Å². The summed E-state index contributed by atoms with van der Waals surface area (Å²) in [5, 5.41) is 2.72. The Hall–Kier alpha value is -2.06. The maximum atomic E-state index is 14.1. The Morgan fingerprint density at radius 2 is 1.78 bits per heavy atom. The number of para-hydroxylation sites is 1. The summed E-state index contributed by atoms with van der Waals surface area (Å²) in [6, 6.07) is 14.4. The molecule has 0 aliphatic carbocycles. The van der Waals surface area contributed by atoms with E-state index >= 15 is 0 Å². The Morgan fingerprint density at radius 1 is 1.15 bits per heavy atom. The summed E-state index contributed by atoms with van der Waals surface area (Å²) in [6.07, 6.45) is 0.957. The molecule has 2 rings (SSSR count). The third kappa shape index (κ3) is 6.25. The summed E-state index contributed by atoms with van der Waals surface area (Å²) in [7, 11) is -3.83. The second kappa shape index (κ2) is 9.75. The first kappa shape index (κ1) is 21.2. The van der Waals surface area contributed by atoms with Gasteiger partial charge in [-0.25, -0.2) is 12.8 Å². The van der Waals surface area contributed by atoms with Gasteiger partial charge in [0.2, 0.25) is 15.9 Å². The molecule has 0 aromatic heterocycles. The van der Waals surface area contributed by atoms with Gasteiger partial charge < -0.3 is 5.32 Å². The molecule has 8 heteroatoms. The molecule has 1 unspecified atom stereocenters. The van der Waals surface area contributed by atoms with E-state index in [0.29, 0.717) is 12.3 Å². The second-order valence-corrected chi connectivity index (χ2v) is 8.98. The van der Waals surface area contributed by atoms with Crippen LogP contribution >= 0.6 is 11.8 Å². The van der Waals surface area contributed by atoms with Crippen molar-refractivity contribution in [3.05, 3.63) is 66.0 Å². The summed E-state index contributed by atoms with van der Waals surface area (Å²) >= 11 is 1.67. The lowest BCUT2D eigenvalue weighted by atomic mass is 10.2. The molecule has 0 radical (unpaired) electrons. The first-order valence-corrected chi connectivity index (χ1v) is 11.4. The summed E-state index contributed by atoms with van der Waals surface area (Å²) in [5.74, 6) is 0.355. The highest BCUT2D eigenvalue weighted by atomic mass is 32.2. The molecule has 2 aromatic carbocycles. The lowest BCUT2D eigenvalue weighted by molar-refractivity contribution is -0.121. The van der Waals surface area contributed by atoms with Crippen molar-refractivity contribution >= 4 is 33.4 Å². The lowest BCUT2D eigenvalue weighted by Crippen LogP contribution is -2.48. The molecule has 1 amide bonds. The van der Waals surface area contributed by atoms with E-state index in [0.717, 1.165) is 16.3 Å². The highest BCUT2D eigenvalue weighted by Crippen LogP contribution is 2.24. The Bertz CT molecular complexity index is 860. The first-order chi connectivity index (χ1) is 12.8. The molecule has 146 valence electrons. The van der Waals surface area contributed by atoms with Crippen molar-refractivity contribution in [3.63, 3.8) is 0 Å². The van der Waals surface area contributed by atoms with Gasteiger partial charge in [-0.15, -0.1) is 0 Å². The zero-order valence-corrected chi connectivity index (χ0v) is 16.9. The molecular formula is C19H23FN2O3S2. The normalized spacial score (nSPS) is 12.4. The molecule has 0 heterocycles. The van der Waals surface area contributed by atoms with E-state index in [9.17, 15) is 17.6 Å². The van der Waals surface area contributed by atoms with Crippen molar-refractivity contribution in [2.45, 2.75) is 18.7 Å². The van der Waals surface area contributed by atoms with Gasteiger partial charge in [0, 0.05) is 18.1 Å². The van der Waals surface area contributed by atoms with E-state index in [-0.39, 0.29) is 5.69 Å². The number of anilines is 1. The second-order valence-electron chi connectivity index (χ2n) is 6.02. The highest BCUT2D eigenvalue weighted by Gasteiger charge is 2.30. The number of hydrogen-bond donors (Lipinski definition) is 1. The fourth-order valence-corrected chi connectivity index (χ4v) is 4.56. The fraction of sp³-hybridized carbons (Fsp3) is 0.316. The topological polar surface area (TPSA) is 66.5 Å². The number of carbonyl (C=O) groups excluding carboxylic acids is 1. The van der Waals surface area contributed by atoms with Gasteiger partial charge in [0.05, 0.1) is 11.9 Å². The minimum Gasteiger partial charge on any atom is -0.353 e. The summed E-state index contributed by atoms with van der Waals surface area (Å²) in [6.45, 7) is 1.84. The van der Waals surface area contributed by atoms with Crippen LogP contribution in [0.25, 0.3) is 0 Å². The minimum absolute atomic E-state index is 0.138. The monoisotopic (exact) mass is 410 g/mol. The molecule has 5 nitrogen and oxygen atoms in total. The van der Waals surface area contributed by atoms with Gasteiger partial charge in [-0.1, -0.05) is 42.5 Å². The third-order valence-electron chi connectivity index (χ3n) is 3.84. The van der Waals surface area contributed by atoms with Crippen LogP contribution in [-0.4, -0.2) is 38.9 Å². The van der Waals surface area contributed by atoms with Gasteiger partial charge in [0.15, 0.2) is 0 Å². The van der Waals surface area contributed by atoms with Crippen LogP contribution in [-0.2, 0) is 20.6 Å². The maximum absolute atomic E-state index is 14.1. The predicted molar refractivity (Wildman–Crippen MR) is 109 cm³/mol. The number of sulfonamides is 1. The van der Waals surface area contributed by atoms with Gasteiger partial charge in [-0.3, -0.25) is 9.10 Å². The minimum atomic E-state index is -3.83. The molecule has 27 heavy (non-hydrogen) atoms. The molecule has 1 atom stereocenters. The Morgan fingerprint density at radius 3 is 2.41 bits per heavy atom. The van der Waals surface area contributed by atoms with Crippen molar-refractivity contribution in [3.8, 4) is 0 Å². The number of amides is 1. The molecule has 0 bridgehead atoms. The van der Waals surface area contributed by atoms with Crippen molar-refractivity contribution in [1.82, 2.24) is 5.32 Å². The summed E-state index contributed by atoms with van der Waals surface area (Å²) < 4.78 is 39.2. The van der Waals surface area contributed by atoms with Crippen molar-refractivity contribution < 1.29 is 17.6 Å². The number of halogens is 1. The standard InChI is InChI=1S/C19H23FN2O3S2/c1-15(22(27(2,24)25)18-11-7-6-10-17(18)20)19(23)21-12-13-26-14-16-8-4-3-5-9-16/h3-11,15H,12-14H2,1-2H3,(H,21,23). The quantitative estimate of drug-likeness (QED) is 0.646. The molecule has 0 fully saturated rings. The van der Waals surface area contributed by atoms with Gasteiger partial charge >= 0.3 is 0 Å². The van der Waals surface area contributed by atoms with Crippen molar-refractivity contribution in [2.75, 3.05) is 22.9 Å². The third-order valence-corrected chi connectivity index (χ3v) is 6.09. The first-order valence-electron chi connectivity index (χ1n) is 8.44. The molecular weight excluding hydrogens is 387 g/mol. The smallest absolute Gasteiger partial charge is 0.243 e. The zero-order valence-electron chi connectivity index (χ0n) is 15.3. The number of hydrogen-bond acceptors (Lipinski definition) is 4. The lowest BCUT2D eigenvalue weighted by Gasteiger charge is -2.28. The SMILES string of the molecule is CC(C(=O)NCCSCc1ccccc1)N(c1ccccc1F)S(C)(=O)=O. The van der Waals surface area contributed by atoms with Gasteiger partial charge in [0.1, 0.15) is 11.9 Å². The maximum Gasteiger partial charge on any atom is 0.243 e. The molecule has 2 aromatic rings. The van der Waals surface area contributed by atoms with Crippen molar-refractivity contribution in [1.29, 1.82) is 0 Å². The van der Waals surface area contributed by atoms with E-state index in [1.165, 1.54) is 36.8 Å². The van der Waals surface area contributed by atoms with E-state index in [1.807, 2.05) is 30.3 Å². The van der Waals surface area contributed by atoms with Crippen LogP contribution in [0.3, 0.4) is 0 Å². The number of thioether (sulfide) groups is 1. The van der Waals surface area contributed by atoms with Gasteiger partial charge in [-0.2, -0.15) is 11.8 Å². The largest absolute Gasteiger partial charge is 0.353 e. The Labute approximate surface area is 164 Å². The molecule has 0 saturated heterocycles. The van der Waals surface area contributed by atoms with Crippen LogP contribution in [0.2, 0.25) is 0 Å².